The molecule has 0 saturated heterocycles. The fraction of sp³-hybridized carbons (Fsp3) is 0.160. The predicted octanol–water partition coefficient (Wildman–Crippen LogP) is 5.24. The highest BCUT2D eigenvalue weighted by Gasteiger charge is 2.33. The van der Waals surface area contributed by atoms with Crippen molar-refractivity contribution >= 4 is 11.9 Å². The first kappa shape index (κ1) is 19.5. The van der Waals surface area contributed by atoms with Crippen LogP contribution in [-0.4, -0.2) is 17.4 Å². The molecule has 156 valence electrons. The molecular formula is C25H19F2NO3. The van der Waals surface area contributed by atoms with Gasteiger partial charge in [0.1, 0.15) is 29.9 Å². The van der Waals surface area contributed by atoms with E-state index in [1.54, 1.807) is 30.3 Å². The van der Waals surface area contributed by atoms with Crippen LogP contribution in [0.4, 0.5) is 8.78 Å². The average molecular weight is 419 g/mol. The fourth-order valence-corrected chi connectivity index (χ4v) is 3.96. The van der Waals surface area contributed by atoms with Gasteiger partial charge in [0.25, 0.3) is 0 Å². The average Bonchev–Trinajstić information content (AvgIpc) is 3.07. The second-order valence-corrected chi connectivity index (χ2v) is 7.74. The minimum atomic E-state index is -0.338. The summed E-state index contributed by atoms with van der Waals surface area (Å²) in [7, 11) is 0. The Morgan fingerprint density at radius 2 is 1.68 bits per heavy atom. The van der Waals surface area contributed by atoms with Crippen molar-refractivity contribution in [1.29, 1.82) is 0 Å². The van der Waals surface area contributed by atoms with Crippen LogP contribution in [-0.2, 0) is 13.1 Å². The summed E-state index contributed by atoms with van der Waals surface area (Å²) in [6.07, 6.45) is 1.61. The van der Waals surface area contributed by atoms with Crippen molar-refractivity contribution in [3.8, 4) is 11.5 Å². The highest BCUT2D eigenvalue weighted by molar-refractivity contribution is 6.15. The number of fused-ring (bicyclic) bond motifs is 2. The number of carbonyl (C=O) groups is 1. The molecule has 0 aliphatic carbocycles. The molecule has 0 aromatic heterocycles. The van der Waals surface area contributed by atoms with E-state index in [1.807, 2.05) is 13.0 Å². The molecular weight excluding hydrogens is 400 g/mol. The highest BCUT2D eigenvalue weighted by Crippen LogP contribution is 2.43. The lowest BCUT2D eigenvalue weighted by molar-refractivity contribution is 0.0876. The zero-order valence-corrected chi connectivity index (χ0v) is 16.8. The summed E-state index contributed by atoms with van der Waals surface area (Å²) in [6, 6.07) is 14.1. The van der Waals surface area contributed by atoms with Gasteiger partial charge in [-0.15, -0.1) is 0 Å². The number of allylic oxidation sites excluding steroid dienone is 1. The fourth-order valence-electron chi connectivity index (χ4n) is 3.96. The van der Waals surface area contributed by atoms with Gasteiger partial charge < -0.3 is 9.47 Å². The molecule has 2 aliphatic heterocycles. The third kappa shape index (κ3) is 3.70. The molecule has 3 aromatic carbocycles. The summed E-state index contributed by atoms with van der Waals surface area (Å²) in [4.78, 5) is 15.0. The number of hydrogen-bond donors (Lipinski definition) is 0. The molecule has 0 amide bonds. The van der Waals surface area contributed by atoms with Gasteiger partial charge in [-0.1, -0.05) is 24.3 Å². The number of rotatable bonds is 3. The standard InChI is InChI=1S/C25H19F2NO3/c1-15-24-18(13-28(14-30-24)12-17-4-8-20(27)9-5-17)11-21-23(29)22(31-25(15)21)10-16-2-6-19(26)7-3-16/h2-11H,12-14H2,1H3/b22-10-. The number of Topliss-reactive ketones (excluding diaryl/α,β-unsaturated/α-hetero) is 1. The topological polar surface area (TPSA) is 38.8 Å². The van der Waals surface area contributed by atoms with Crippen LogP contribution in [0.25, 0.3) is 6.08 Å². The maximum Gasteiger partial charge on any atom is 0.231 e. The van der Waals surface area contributed by atoms with Crippen molar-refractivity contribution in [2.75, 3.05) is 6.73 Å². The van der Waals surface area contributed by atoms with Gasteiger partial charge in [-0.2, -0.15) is 0 Å². The van der Waals surface area contributed by atoms with Crippen molar-refractivity contribution in [3.05, 3.63) is 99.8 Å². The molecule has 0 N–H and O–H groups in total. The van der Waals surface area contributed by atoms with Crippen LogP contribution in [0.2, 0.25) is 0 Å². The summed E-state index contributed by atoms with van der Waals surface area (Å²) in [5.41, 5.74) is 3.85. The van der Waals surface area contributed by atoms with Gasteiger partial charge in [0.05, 0.1) is 5.56 Å². The second-order valence-electron chi connectivity index (χ2n) is 7.74. The molecule has 0 bridgehead atoms. The largest absolute Gasteiger partial charge is 0.477 e. The van der Waals surface area contributed by atoms with Crippen LogP contribution >= 0.6 is 0 Å². The van der Waals surface area contributed by atoms with E-state index in [1.165, 1.54) is 24.3 Å². The van der Waals surface area contributed by atoms with Gasteiger partial charge in [-0.05, 0) is 54.5 Å². The van der Waals surface area contributed by atoms with E-state index >= 15 is 0 Å². The SMILES string of the molecule is Cc1c2c(cc3c1O/C(=C\c1ccc(F)cc1)C3=O)CN(Cc1ccc(F)cc1)CO2. The van der Waals surface area contributed by atoms with Crippen LogP contribution in [0.15, 0.2) is 60.4 Å². The molecule has 4 nitrogen and oxygen atoms in total. The Morgan fingerprint density at radius 1 is 1.00 bits per heavy atom. The van der Waals surface area contributed by atoms with Crippen LogP contribution < -0.4 is 9.47 Å². The van der Waals surface area contributed by atoms with Crippen molar-refractivity contribution in [2.24, 2.45) is 0 Å². The smallest absolute Gasteiger partial charge is 0.231 e. The normalized spacial score (nSPS) is 16.6. The number of ether oxygens (including phenoxy) is 2. The summed E-state index contributed by atoms with van der Waals surface area (Å²) in [6.45, 7) is 3.47. The van der Waals surface area contributed by atoms with Crippen molar-refractivity contribution in [1.82, 2.24) is 4.90 Å². The maximum atomic E-state index is 13.2. The number of carbonyl (C=O) groups excluding carboxylic acids is 1. The van der Waals surface area contributed by atoms with Gasteiger partial charge >= 0.3 is 0 Å². The van der Waals surface area contributed by atoms with Gasteiger partial charge in [0.2, 0.25) is 5.78 Å². The molecule has 0 unspecified atom stereocenters. The first-order valence-electron chi connectivity index (χ1n) is 9.94. The van der Waals surface area contributed by atoms with Crippen molar-refractivity contribution in [2.45, 2.75) is 20.0 Å². The minimum absolute atomic E-state index is 0.204. The van der Waals surface area contributed by atoms with Crippen LogP contribution in [0.1, 0.15) is 32.6 Å². The van der Waals surface area contributed by atoms with Gasteiger partial charge in [0.15, 0.2) is 5.76 Å². The Hall–Kier alpha value is -3.51. The molecule has 3 aromatic rings. The van der Waals surface area contributed by atoms with Crippen LogP contribution in [0.3, 0.4) is 0 Å². The molecule has 0 fully saturated rings. The number of benzene rings is 3. The van der Waals surface area contributed by atoms with Gasteiger partial charge in [-0.3, -0.25) is 9.69 Å². The summed E-state index contributed by atoms with van der Waals surface area (Å²) >= 11 is 0. The first-order chi connectivity index (χ1) is 15.0. The molecule has 0 spiro atoms. The first-order valence-corrected chi connectivity index (χ1v) is 9.94. The van der Waals surface area contributed by atoms with Crippen molar-refractivity contribution < 1.29 is 23.0 Å². The summed E-state index contributed by atoms with van der Waals surface area (Å²) in [5, 5.41) is 0. The zero-order valence-electron chi connectivity index (χ0n) is 16.8. The molecule has 0 saturated carbocycles. The Balaban J connectivity index is 1.41. The number of ketones is 1. The maximum absolute atomic E-state index is 13.2. The van der Waals surface area contributed by atoms with Crippen molar-refractivity contribution in [3.63, 3.8) is 0 Å². The molecule has 31 heavy (non-hydrogen) atoms. The molecule has 0 atom stereocenters. The lowest BCUT2D eigenvalue weighted by Gasteiger charge is -2.30. The molecule has 0 radical (unpaired) electrons. The third-order valence-corrected chi connectivity index (χ3v) is 5.49. The number of hydrogen-bond acceptors (Lipinski definition) is 4. The third-order valence-electron chi connectivity index (χ3n) is 5.49. The Kier molecular flexibility index (Phi) is 4.79. The summed E-state index contributed by atoms with van der Waals surface area (Å²) in [5.74, 6) is 0.623. The number of nitrogens with zero attached hydrogens (tertiary/aromatic N) is 1. The van der Waals surface area contributed by atoms with E-state index in [-0.39, 0.29) is 23.2 Å². The molecule has 6 heteroatoms. The van der Waals surface area contributed by atoms with E-state index in [4.69, 9.17) is 9.47 Å². The molecule has 5 rings (SSSR count). The number of halogens is 2. The monoisotopic (exact) mass is 419 g/mol. The van der Waals surface area contributed by atoms with E-state index < -0.39 is 0 Å². The Morgan fingerprint density at radius 3 is 2.39 bits per heavy atom. The molecule has 2 aliphatic rings. The zero-order chi connectivity index (χ0) is 21.5. The predicted molar refractivity (Wildman–Crippen MR) is 112 cm³/mol. The van der Waals surface area contributed by atoms with Gasteiger partial charge in [0, 0.05) is 24.2 Å². The van der Waals surface area contributed by atoms with E-state index in [2.05, 4.69) is 4.90 Å². The summed E-state index contributed by atoms with van der Waals surface area (Å²) < 4.78 is 38.2. The van der Waals surface area contributed by atoms with Crippen LogP contribution in [0, 0.1) is 18.6 Å². The lowest BCUT2D eigenvalue weighted by Crippen LogP contribution is -2.32. The van der Waals surface area contributed by atoms with Crippen LogP contribution in [0.5, 0.6) is 11.5 Å². The quantitative estimate of drug-likeness (QED) is 0.544. The minimum Gasteiger partial charge on any atom is -0.477 e. The van der Waals surface area contributed by atoms with E-state index in [0.717, 1.165) is 22.4 Å². The Labute approximate surface area is 178 Å². The Bertz CT molecular complexity index is 1200. The molecule has 2 heterocycles. The van der Waals surface area contributed by atoms with E-state index in [9.17, 15) is 13.6 Å². The van der Waals surface area contributed by atoms with E-state index in [0.29, 0.717) is 36.7 Å². The highest BCUT2D eigenvalue weighted by atomic mass is 19.1. The lowest BCUT2D eigenvalue weighted by atomic mass is 10.00. The second kappa shape index (κ2) is 7.63. The van der Waals surface area contributed by atoms with Gasteiger partial charge in [-0.25, -0.2) is 8.78 Å².